The number of hydrogen-bond donors (Lipinski definition) is 1. The van der Waals surface area contributed by atoms with Crippen molar-refractivity contribution in [2.24, 2.45) is 0 Å². The van der Waals surface area contributed by atoms with Crippen molar-refractivity contribution in [3.8, 4) is 5.75 Å². The Morgan fingerprint density at radius 3 is 2.47 bits per heavy atom. The van der Waals surface area contributed by atoms with Crippen LogP contribution in [0.2, 0.25) is 0 Å². The van der Waals surface area contributed by atoms with E-state index in [0.717, 1.165) is 0 Å². The number of Topliss-reactive ketones (excluding diaryl/α,β-unsaturated/α-hetero) is 1. The lowest BCUT2D eigenvalue weighted by atomic mass is 9.95. The van der Waals surface area contributed by atoms with Crippen LogP contribution in [0.25, 0.3) is 5.76 Å². The fourth-order valence-corrected chi connectivity index (χ4v) is 3.60. The molecule has 168 valence electrons. The molecule has 1 saturated heterocycles. The molecule has 1 amide bonds. The molecule has 32 heavy (non-hydrogen) atoms. The van der Waals surface area contributed by atoms with E-state index in [4.69, 9.17) is 4.74 Å². The van der Waals surface area contributed by atoms with Crippen LogP contribution in [0, 0.1) is 10.1 Å². The van der Waals surface area contributed by atoms with Crippen molar-refractivity contribution >= 4 is 23.1 Å². The zero-order valence-electron chi connectivity index (χ0n) is 18.1. The number of aliphatic hydroxyl groups is 1. The number of ether oxygens (including phenoxy) is 1. The maximum Gasteiger partial charge on any atom is 0.295 e. The molecule has 0 radical (unpaired) electrons. The summed E-state index contributed by atoms with van der Waals surface area (Å²) >= 11 is 0. The number of likely N-dealkylation sites (N-methyl/N-ethyl adjacent to an activating group) is 1. The lowest BCUT2D eigenvalue weighted by molar-refractivity contribution is -0.384. The van der Waals surface area contributed by atoms with E-state index < -0.39 is 28.4 Å². The molecule has 0 spiro atoms. The lowest BCUT2D eigenvalue weighted by Crippen LogP contribution is -2.35. The minimum absolute atomic E-state index is 0.0979. The lowest BCUT2D eigenvalue weighted by Gasteiger charge is -2.26. The molecule has 1 heterocycles. The molecule has 1 atom stereocenters. The molecule has 2 aromatic rings. The van der Waals surface area contributed by atoms with Crippen molar-refractivity contribution in [1.82, 2.24) is 9.80 Å². The molecule has 1 fully saturated rings. The van der Waals surface area contributed by atoms with Gasteiger partial charge in [-0.05, 0) is 38.7 Å². The topological polar surface area (TPSA) is 113 Å². The van der Waals surface area contributed by atoms with E-state index in [2.05, 4.69) is 0 Å². The molecular formula is C23H25N3O6. The van der Waals surface area contributed by atoms with Crippen molar-refractivity contribution in [2.75, 3.05) is 33.8 Å². The fraction of sp³-hybridized carbons (Fsp3) is 0.304. The first kappa shape index (κ1) is 23.0. The molecule has 1 aliphatic rings. The Labute approximate surface area is 185 Å². The summed E-state index contributed by atoms with van der Waals surface area (Å²) in [6.07, 6.45) is 0. The third-order valence-electron chi connectivity index (χ3n) is 5.17. The maximum absolute atomic E-state index is 13.0. The second-order valence-corrected chi connectivity index (χ2v) is 7.61. The molecule has 0 saturated carbocycles. The highest BCUT2D eigenvalue weighted by molar-refractivity contribution is 6.46. The van der Waals surface area contributed by atoms with Crippen LogP contribution in [0.4, 0.5) is 5.69 Å². The summed E-state index contributed by atoms with van der Waals surface area (Å²) in [6, 6.07) is 11.5. The van der Waals surface area contributed by atoms with Crippen molar-refractivity contribution in [2.45, 2.75) is 13.0 Å². The second kappa shape index (κ2) is 9.61. The molecule has 9 heteroatoms. The van der Waals surface area contributed by atoms with Gasteiger partial charge in [-0.3, -0.25) is 19.7 Å². The third-order valence-corrected chi connectivity index (χ3v) is 5.17. The fourth-order valence-electron chi connectivity index (χ4n) is 3.60. The number of nitrogens with zero attached hydrogens (tertiary/aromatic N) is 3. The number of non-ortho nitro benzene ring substituents is 1. The van der Waals surface area contributed by atoms with Crippen molar-refractivity contribution in [1.29, 1.82) is 0 Å². The highest BCUT2D eigenvalue weighted by Gasteiger charge is 2.46. The van der Waals surface area contributed by atoms with Crippen molar-refractivity contribution in [3.63, 3.8) is 0 Å². The Hall–Kier alpha value is -3.72. The number of rotatable bonds is 8. The van der Waals surface area contributed by atoms with Gasteiger partial charge in [-0.25, -0.2) is 0 Å². The van der Waals surface area contributed by atoms with Gasteiger partial charge in [0.2, 0.25) is 0 Å². The molecule has 1 N–H and O–H groups in total. The normalized spacial score (nSPS) is 17.8. The summed E-state index contributed by atoms with van der Waals surface area (Å²) in [5.74, 6) is -1.36. The summed E-state index contributed by atoms with van der Waals surface area (Å²) in [5.41, 5.74) is 0.394. The zero-order valence-corrected chi connectivity index (χ0v) is 18.1. The Morgan fingerprint density at radius 1 is 1.19 bits per heavy atom. The monoisotopic (exact) mass is 439 g/mol. The van der Waals surface area contributed by atoms with Crippen LogP contribution >= 0.6 is 0 Å². The number of ketones is 1. The molecule has 0 bridgehead atoms. The van der Waals surface area contributed by atoms with Gasteiger partial charge in [0.05, 0.1) is 23.1 Å². The van der Waals surface area contributed by atoms with Crippen LogP contribution in [0.3, 0.4) is 0 Å². The number of nitro groups is 1. The SMILES string of the molecule is CCOc1ccc(C2/C(=C(/O)c3cccc([N+](=O)[O-])c3)C(=O)C(=O)N2CCN(C)C)cc1. The minimum atomic E-state index is -0.829. The standard InChI is InChI=1S/C23H25N3O6/c1-4-32-18-10-8-15(9-11-18)20-19(22(28)23(29)25(20)13-12-24(2)3)21(27)16-6-5-7-17(14-16)26(30)31/h5-11,14,20,27H,4,12-13H2,1-3H3/b21-19-. The molecule has 1 aliphatic heterocycles. The highest BCUT2D eigenvalue weighted by atomic mass is 16.6. The molecule has 3 rings (SSSR count). The van der Waals surface area contributed by atoms with E-state index >= 15 is 0 Å². The summed E-state index contributed by atoms with van der Waals surface area (Å²) in [6.45, 7) is 3.13. The number of amides is 1. The average Bonchev–Trinajstić information content (AvgIpc) is 3.02. The van der Waals surface area contributed by atoms with E-state index in [1.165, 1.54) is 29.2 Å². The number of carbonyl (C=O) groups excluding carboxylic acids is 2. The molecule has 2 aromatic carbocycles. The summed E-state index contributed by atoms with van der Waals surface area (Å²) < 4.78 is 5.47. The van der Waals surface area contributed by atoms with E-state index in [-0.39, 0.29) is 23.4 Å². The first-order valence-corrected chi connectivity index (χ1v) is 10.1. The van der Waals surface area contributed by atoms with E-state index in [9.17, 15) is 24.8 Å². The first-order chi connectivity index (χ1) is 15.2. The molecule has 0 aliphatic carbocycles. The van der Waals surface area contributed by atoms with Gasteiger partial charge in [0.15, 0.2) is 0 Å². The molecule has 0 aromatic heterocycles. The Kier molecular flexibility index (Phi) is 6.89. The largest absolute Gasteiger partial charge is 0.507 e. The van der Waals surface area contributed by atoms with Crippen LogP contribution in [0.5, 0.6) is 5.75 Å². The second-order valence-electron chi connectivity index (χ2n) is 7.61. The molecular weight excluding hydrogens is 414 g/mol. The number of likely N-dealkylation sites (tertiary alicyclic amines) is 1. The predicted octanol–water partition coefficient (Wildman–Crippen LogP) is 2.98. The minimum Gasteiger partial charge on any atom is -0.507 e. The van der Waals surface area contributed by atoms with Crippen LogP contribution < -0.4 is 4.74 Å². The van der Waals surface area contributed by atoms with Crippen LogP contribution in [-0.2, 0) is 9.59 Å². The Morgan fingerprint density at radius 2 is 1.88 bits per heavy atom. The highest BCUT2D eigenvalue weighted by Crippen LogP contribution is 2.40. The van der Waals surface area contributed by atoms with Gasteiger partial charge in [0.25, 0.3) is 17.4 Å². The van der Waals surface area contributed by atoms with Gasteiger partial charge < -0.3 is 19.6 Å². The van der Waals surface area contributed by atoms with Crippen molar-refractivity contribution in [3.05, 3.63) is 75.3 Å². The predicted molar refractivity (Wildman–Crippen MR) is 118 cm³/mol. The van der Waals surface area contributed by atoms with Gasteiger partial charge in [0.1, 0.15) is 11.5 Å². The maximum atomic E-state index is 13.0. The summed E-state index contributed by atoms with van der Waals surface area (Å²) in [4.78, 5) is 39.7. The van der Waals surface area contributed by atoms with Gasteiger partial charge >= 0.3 is 0 Å². The number of carbonyl (C=O) groups is 2. The molecule has 1 unspecified atom stereocenters. The van der Waals surface area contributed by atoms with E-state index in [0.29, 0.717) is 24.5 Å². The van der Waals surface area contributed by atoms with Crippen LogP contribution in [0.1, 0.15) is 24.1 Å². The van der Waals surface area contributed by atoms with Gasteiger partial charge in [-0.1, -0.05) is 24.3 Å². The van der Waals surface area contributed by atoms with Crippen molar-refractivity contribution < 1.29 is 24.4 Å². The zero-order chi connectivity index (χ0) is 23.4. The number of aliphatic hydroxyl groups excluding tert-OH is 1. The number of benzene rings is 2. The Balaban J connectivity index is 2.13. The van der Waals surface area contributed by atoms with Gasteiger partial charge in [-0.15, -0.1) is 0 Å². The van der Waals surface area contributed by atoms with Crippen LogP contribution in [-0.4, -0.2) is 65.3 Å². The first-order valence-electron chi connectivity index (χ1n) is 10.1. The van der Waals surface area contributed by atoms with Gasteiger partial charge in [0, 0.05) is 30.8 Å². The smallest absolute Gasteiger partial charge is 0.295 e. The third kappa shape index (κ3) is 4.62. The van der Waals surface area contributed by atoms with Gasteiger partial charge in [-0.2, -0.15) is 0 Å². The summed E-state index contributed by atoms with van der Waals surface area (Å²) in [7, 11) is 3.71. The number of hydrogen-bond acceptors (Lipinski definition) is 7. The van der Waals surface area contributed by atoms with Crippen LogP contribution in [0.15, 0.2) is 54.1 Å². The quantitative estimate of drug-likeness (QED) is 0.221. The number of nitro benzene ring substituents is 1. The van der Waals surface area contributed by atoms with E-state index in [1.807, 2.05) is 25.9 Å². The van der Waals surface area contributed by atoms with E-state index in [1.54, 1.807) is 24.3 Å². The Bertz CT molecular complexity index is 1060. The molecule has 9 nitrogen and oxygen atoms in total. The summed E-state index contributed by atoms with van der Waals surface area (Å²) in [5, 5.41) is 22.2. The average molecular weight is 439 g/mol.